The molecule has 2 amide bonds. The normalized spacial score (nSPS) is 15.0. The molecule has 1 atom stereocenters. The van der Waals surface area contributed by atoms with Crippen molar-refractivity contribution in [1.29, 1.82) is 0 Å². The van der Waals surface area contributed by atoms with E-state index in [-0.39, 0.29) is 29.4 Å². The number of ether oxygens (including phenoxy) is 1. The van der Waals surface area contributed by atoms with Crippen molar-refractivity contribution >= 4 is 23.6 Å². The molecule has 1 aliphatic carbocycles. The second-order valence-electron chi connectivity index (χ2n) is 8.47. The van der Waals surface area contributed by atoms with Gasteiger partial charge >= 0.3 is 0 Å². The Labute approximate surface area is 200 Å². The number of nitrogens with zero attached hydrogens (tertiary/aromatic N) is 1. The van der Waals surface area contributed by atoms with Crippen LogP contribution < -0.4 is 10.1 Å². The minimum Gasteiger partial charge on any atom is -0.497 e. The Morgan fingerprint density at radius 2 is 1.82 bits per heavy atom. The van der Waals surface area contributed by atoms with E-state index >= 15 is 0 Å². The fraction of sp³-hybridized carbons (Fsp3) is 0.462. The van der Waals surface area contributed by atoms with Crippen LogP contribution in [0.15, 0.2) is 48.5 Å². The highest BCUT2D eigenvalue weighted by Gasteiger charge is 2.28. The third kappa shape index (κ3) is 7.49. The number of carbonyl (C=O) groups excluding carboxylic acids is 2. The van der Waals surface area contributed by atoms with Gasteiger partial charge in [0, 0.05) is 18.3 Å². The number of halogens is 1. The highest BCUT2D eigenvalue weighted by atomic mass is 32.2. The van der Waals surface area contributed by atoms with Crippen LogP contribution in [-0.4, -0.2) is 41.7 Å². The number of thioether (sulfide) groups is 1. The van der Waals surface area contributed by atoms with Crippen molar-refractivity contribution < 1.29 is 18.7 Å². The molecule has 0 unspecified atom stereocenters. The van der Waals surface area contributed by atoms with Crippen molar-refractivity contribution in [2.75, 3.05) is 12.9 Å². The maximum absolute atomic E-state index is 13.9. The predicted molar refractivity (Wildman–Crippen MR) is 131 cm³/mol. The molecule has 0 radical (unpaired) electrons. The zero-order valence-corrected chi connectivity index (χ0v) is 20.2. The summed E-state index contributed by atoms with van der Waals surface area (Å²) in [6.45, 7) is 2.10. The number of carbonyl (C=O) groups is 2. The van der Waals surface area contributed by atoms with Crippen LogP contribution in [0.3, 0.4) is 0 Å². The number of hydrogen-bond acceptors (Lipinski definition) is 4. The van der Waals surface area contributed by atoms with Crippen molar-refractivity contribution in [3.8, 4) is 5.75 Å². The summed E-state index contributed by atoms with van der Waals surface area (Å²) in [6.07, 6.45) is 5.44. The Morgan fingerprint density at radius 3 is 2.48 bits per heavy atom. The van der Waals surface area contributed by atoms with Gasteiger partial charge in [-0.1, -0.05) is 49.6 Å². The molecule has 2 aromatic rings. The first-order valence-corrected chi connectivity index (χ1v) is 12.7. The number of rotatable bonds is 10. The van der Waals surface area contributed by atoms with Gasteiger partial charge in [0.2, 0.25) is 11.8 Å². The van der Waals surface area contributed by atoms with Crippen LogP contribution in [0, 0.1) is 5.82 Å². The summed E-state index contributed by atoms with van der Waals surface area (Å²) >= 11 is 1.36. The van der Waals surface area contributed by atoms with Gasteiger partial charge in [-0.05, 0) is 49.1 Å². The first-order valence-electron chi connectivity index (χ1n) is 11.5. The van der Waals surface area contributed by atoms with Crippen molar-refractivity contribution in [3.63, 3.8) is 0 Å². The summed E-state index contributed by atoms with van der Waals surface area (Å²) in [6, 6.07) is 13.7. The van der Waals surface area contributed by atoms with Crippen molar-refractivity contribution in [2.45, 2.75) is 63.4 Å². The Balaban J connectivity index is 1.66. The molecule has 1 saturated carbocycles. The molecular weight excluding hydrogens is 439 g/mol. The van der Waals surface area contributed by atoms with Gasteiger partial charge in [0.05, 0.1) is 12.9 Å². The van der Waals surface area contributed by atoms with Crippen molar-refractivity contribution in [3.05, 3.63) is 65.5 Å². The van der Waals surface area contributed by atoms with Crippen LogP contribution in [0.2, 0.25) is 0 Å². The van der Waals surface area contributed by atoms with Crippen molar-refractivity contribution in [2.24, 2.45) is 0 Å². The summed E-state index contributed by atoms with van der Waals surface area (Å²) in [5, 5.41) is 3.14. The van der Waals surface area contributed by atoms with E-state index in [0.717, 1.165) is 37.0 Å². The topological polar surface area (TPSA) is 58.6 Å². The number of benzene rings is 2. The second-order valence-corrected chi connectivity index (χ2v) is 9.46. The zero-order valence-electron chi connectivity index (χ0n) is 19.4. The molecule has 2 aromatic carbocycles. The Morgan fingerprint density at radius 1 is 1.12 bits per heavy atom. The Hall–Kier alpha value is -2.54. The van der Waals surface area contributed by atoms with Gasteiger partial charge in [-0.2, -0.15) is 0 Å². The second kappa shape index (κ2) is 12.6. The molecule has 1 fully saturated rings. The molecule has 0 bridgehead atoms. The van der Waals surface area contributed by atoms with E-state index in [1.54, 1.807) is 37.1 Å². The minimum absolute atomic E-state index is 0.122. The molecule has 3 rings (SSSR count). The maximum Gasteiger partial charge on any atom is 0.242 e. The van der Waals surface area contributed by atoms with E-state index in [1.165, 1.54) is 24.2 Å². The number of amides is 2. The van der Waals surface area contributed by atoms with Gasteiger partial charge in [0.15, 0.2) is 0 Å². The third-order valence-corrected chi connectivity index (χ3v) is 7.04. The Kier molecular flexibility index (Phi) is 9.61. The van der Waals surface area contributed by atoms with E-state index in [2.05, 4.69) is 5.32 Å². The predicted octanol–water partition coefficient (Wildman–Crippen LogP) is 4.93. The summed E-state index contributed by atoms with van der Waals surface area (Å²) < 4.78 is 19.1. The first kappa shape index (κ1) is 25.1. The van der Waals surface area contributed by atoms with Crippen LogP contribution in [0.5, 0.6) is 5.75 Å². The summed E-state index contributed by atoms with van der Waals surface area (Å²) in [5.74, 6) is 0.775. The van der Waals surface area contributed by atoms with Gasteiger partial charge in [0.25, 0.3) is 0 Å². The largest absolute Gasteiger partial charge is 0.497 e. The highest BCUT2D eigenvalue weighted by Crippen LogP contribution is 2.20. The van der Waals surface area contributed by atoms with Gasteiger partial charge < -0.3 is 15.0 Å². The van der Waals surface area contributed by atoms with Crippen LogP contribution in [0.1, 0.15) is 50.2 Å². The quantitative estimate of drug-likeness (QED) is 0.533. The van der Waals surface area contributed by atoms with Crippen molar-refractivity contribution in [1.82, 2.24) is 10.2 Å². The van der Waals surface area contributed by atoms with Gasteiger partial charge in [-0.3, -0.25) is 9.59 Å². The summed E-state index contributed by atoms with van der Waals surface area (Å²) in [7, 11) is 1.61. The fourth-order valence-electron chi connectivity index (χ4n) is 4.03. The molecule has 5 nitrogen and oxygen atoms in total. The summed E-state index contributed by atoms with van der Waals surface area (Å²) in [5.41, 5.74) is 1.49. The zero-order chi connectivity index (χ0) is 23.6. The molecule has 7 heteroatoms. The monoisotopic (exact) mass is 472 g/mol. The van der Waals surface area contributed by atoms with E-state index in [4.69, 9.17) is 4.74 Å². The number of methoxy groups -OCH3 is 1. The highest BCUT2D eigenvalue weighted by molar-refractivity contribution is 7.99. The van der Waals surface area contributed by atoms with Gasteiger partial charge in [-0.25, -0.2) is 4.39 Å². The SMILES string of the molecule is COc1ccc(CN(C(=O)CSCc2ccccc2F)[C@@H](C)C(=O)NC2CCCCC2)cc1. The van der Waals surface area contributed by atoms with E-state index in [1.807, 2.05) is 24.3 Å². The third-order valence-electron chi connectivity index (χ3n) is 6.07. The first-order chi connectivity index (χ1) is 16.0. The molecular formula is C26H33FN2O3S. The van der Waals surface area contributed by atoms with Crippen LogP contribution >= 0.6 is 11.8 Å². The molecule has 33 heavy (non-hydrogen) atoms. The van der Waals surface area contributed by atoms with Crippen LogP contribution in [0.4, 0.5) is 4.39 Å². The molecule has 1 N–H and O–H groups in total. The molecule has 0 spiro atoms. The number of nitrogens with one attached hydrogen (secondary N) is 1. The molecule has 0 heterocycles. The molecule has 0 saturated heterocycles. The molecule has 1 aliphatic rings. The van der Waals surface area contributed by atoms with Gasteiger partial charge in [-0.15, -0.1) is 11.8 Å². The molecule has 178 valence electrons. The lowest BCUT2D eigenvalue weighted by atomic mass is 9.95. The lowest BCUT2D eigenvalue weighted by Gasteiger charge is -2.31. The Bertz CT molecular complexity index is 916. The maximum atomic E-state index is 13.9. The number of hydrogen-bond donors (Lipinski definition) is 1. The lowest BCUT2D eigenvalue weighted by molar-refractivity contribution is -0.139. The molecule has 0 aromatic heterocycles. The van der Waals surface area contributed by atoms with E-state index < -0.39 is 6.04 Å². The van der Waals surface area contributed by atoms with Crippen LogP contribution in [-0.2, 0) is 21.9 Å². The average molecular weight is 473 g/mol. The van der Waals surface area contributed by atoms with Crippen LogP contribution in [0.25, 0.3) is 0 Å². The smallest absolute Gasteiger partial charge is 0.242 e. The molecule has 0 aliphatic heterocycles. The standard InChI is InChI=1S/C26H33FN2O3S/c1-19(26(31)28-22-9-4-3-5-10-22)29(16-20-12-14-23(32-2)15-13-20)25(30)18-33-17-21-8-6-7-11-24(21)27/h6-8,11-15,19,22H,3-5,9-10,16-18H2,1-2H3,(H,28,31)/t19-/m0/s1. The summed E-state index contributed by atoms with van der Waals surface area (Å²) in [4.78, 5) is 27.8. The minimum atomic E-state index is -0.601. The van der Waals surface area contributed by atoms with E-state index in [9.17, 15) is 14.0 Å². The average Bonchev–Trinajstić information content (AvgIpc) is 2.84. The van der Waals surface area contributed by atoms with Gasteiger partial charge in [0.1, 0.15) is 17.6 Å². The lowest BCUT2D eigenvalue weighted by Crippen LogP contribution is -2.50. The fourth-order valence-corrected chi connectivity index (χ4v) is 4.92. The van der Waals surface area contributed by atoms with E-state index in [0.29, 0.717) is 17.9 Å².